The summed E-state index contributed by atoms with van der Waals surface area (Å²) in [4.78, 5) is 14.0. The van der Waals surface area contributed by atoms with E-state index in [0.717, 1.165) is 25.5 Å². The number of likely N-dealkylation sites (tertiary alicyclic amines) is 1. The fourth-order valence-electron chi connectivity index (χ4n) is 2.62. The number of benzene rings is 1. The van der Waals surface area contributed by atoms with E-state index < -0.39 is 11.6 Å². The van der Waals surface area contributed by atoms with Gasteiger partial charge in [-0.05, 0) is 50.9 Å². The first kappa shape index (κ1) is 14.9. The monoisotopic (exact) mass is 282 g/mol. The zero-order valence-electron chi connectivity index (χ0n) is 11.9. The Bertz CT molecular complexity index is 497. The lowest BCUT2D eigenvalue weighted by molar-refractivity contribution is 0.0686. The summed E-state index contributed by atoms with van der Waals surface area (Å²) in [6.45, 7) is 3.72. The summed E-state index contributed by atoms with van der Waals surface area (Å²) in [6.07, 6.45) is 1.82. The Balaban J connectivity index is 2.07. The molecule has 0 radical (unpaired) electrons. The Hall–Kier alpha value is -1.49. The van der Waals surface area contributed by atoms with E-state index >= 15 is 0 Å². The van der Waals surface area contributed by atoms with Crippen LogP contribution in [-0.2, 0) is 0 Å². The highest BCUT2D eigenvalue weighted by Gasteiger charge is 2.25. The average molecular weight is 282 g/mol. The summed E-state index contributed by atoms with van der Waals surface area (Å²) in [5.41, 5.74) is 0.260. The van der Waals surface area contributed by atoms with Crippen LogP contribution in [0.3, 0.4) is 0 Å². The smallest absolute Gasteiger partial charge is 0.256 e. The standard InChI is InChI=1S/C15H20F2N2O/c1-10-7-12(14(17)8-13(10)16)15(20)19-5-3-11(4-6-19)9-18-2/h7-8,11,18H,3-6,9H2,1-2H3. The van der Waals surface area contributed by atoms with Gasteiger partial charge in [0.15, 0.2) is 0 Å². The van der Waals surface area contributed by atoms with Crippen LogP contribution >= 0.6 is 0 Å². The fraction of sp³-hybridized carbons (Fsp3) is 0.533. The highest BCUT2D eigenvalue weighted by atomic mass is 19.1. The number of nitrogens with one attached hydrogen (secondary N) is 1. The van der Waals surface area contributed by atoms with Crippen molar-refractivity contribution in [2.75, 3.05) is 26.7 Å². The second kappa shape index (κ2) is 6.31. The zero-order chi connectivity index (χ0) is 14.7. The van der Waals surface area contributed by atoms with Gasteiger partial charge in [0.2, 0.25) is 0 Å². The molecular weight excluding hydrogens is 262 g/mol. The summed E-state index contributed by atoms with van der Waals surface area (Å²) in [5, 5.41) is 3.13. The van der Waals surface area contributed by atoms with E-state index in [1.54, 1.807) is 4.90 Å². The van der Waals surface area contributed by atoms with Gasteiger partial charge in [-0.2, -0.15) is 0 Å². The molecule has 1 amide bonds. The topological polar surface area (TPSA) is 32.3 Å². The molecule has 0 spiro atoms. The molecule has 1 aromatic carbocycles. The number of hydrogen-bond donors (Lipinski definition) is 1. The first-order valence-electron chi connectivity index (χ1n) is 6.92. The first-order chi connectivity index (χ1) is 9.52. The van der Waals surface area contributed by atoms with Gasteiger partial charge in [-0.15, -0.1) is 0 Å². The predicted octanol–water partition coefficient (Wildman–Crippen LogP) is 2.34. The highest BCUT2D eigenvalue weighted by molar-refractivity contribution is 5.94. The van der Waals surface area contributed by atoms with Gasteiger partial charge in [-0.3, -0.25) is 4.79 Å². The van der Waals surface area contributed by atoms with E-state index in [-0.39, 0.29) is 11.5 Å². The molecule has 5 heteroatoms. The number of hydrogen-bond acceptors (Lipinski definition) is 2. The number of carbonyl (C=O) groups excluding carboxylic acids is 1. The molecule has 1 heterocycles. The number of carbonyl (C=O) groups is 1. The van der Waals surface area contributed by atoms with Crippen LogP contribution in [0.2, 0.25) is 0 Å². The van der Waals surface area contributed by atoms with E-state index in [4.69, 9.17) is 0 Å². The van der Waals surface area contributed by atoms with Crippen molar-refractivity contribution >= 4 is 5.91 Å². The largest absolute Gasteiger partial charge is 0.339 e. The Morgan fingerprint density at radius 2 is 1.95 bits per heavy atom. The molecule has 1 aliphatic heterocycles. The van der Waals surface area contributed by atoms with Crippen LogP contribution in [0.4, 0.5) is 8.78 Å². The van der Waals surface area contributed by atoms with Gasteiger partial charge in [-0.25, -0.2) is 8.78 Å². The number of piperidine rings is 1. The summed E-state index contributed by atoms with van der Waals surface area (Å²) < 4.78 is 27.0. The van der Waals surface area contributed by atoms with E-state index in [2.05, 4.69) is 5.32 Å². The predicted molar refractivity (Wildman–Crippen MR) is 73.6 cm³/mol. The molecule has 1 aromatic rings. The average Bonchev–Trinajstić information content (AvgIpc) is 2.43. The number of rotatable bonds is 3. The molecular formula is C15H20F2N2O. The number of aryl methyl sites for hydroxylation is 1. The van der Waals surface area contributed by atoms with Crippen molar-refractivity contribution in [2.24, 2.45) is 5.92 Å². The zero-order valence-corrected chi connectivity index (χ0v) is 11.9. The maximum atomic E-state index is 13.7. The van der Waals surface area contributed by atoms with Gasteiger partial charge in [0.1, 0.15) is 11.6 Å². The van der Waals surface area contributed by atoms with Crippen molar-refractivity contribution in [1.29, 1.82) is 0 Å². The summed E-state index contributed by atoms with van der Waals surface area (Å²) in [5.74, 6) is -1.18. The molecule has 110 valence electrons. The van der Waals surface area contributed by atoms with Crippen LogP contribution in [0.15, 0.2) is 12.1 Å². The summed E-state index contributed by atoms with van der Waals surface area (Å²) in [6, 6.07) is 2.09. The SMILES string of the molecule is CNCC1CCN(C(=O)c2cc(C)c(F)cc2F)CC1. The van der Waals surface area contributed by atoms with Crippen LogP contribution in [0, 0.1) is 24.5 Å². The highest BCUT2D eigenvalue weighted by Crippen LogP contribution is 2.21. The third-order valence-electron chi connectivity index (χ3n) is 3.87. The number of halogens is 2. The van der Waals surface area contributed by atoms with Gasteiger partial charge in [-0.1, -0.05) is 0 Å². The van der Waals surface area contributed by atoms with Crippen molar-refractivity contribution in [3.63, 3.8) is 0 Å². The van der Waals surface area contributed by atoms with Crippen LogP contribution in [-0.4, -0.2) is 37.5 Å². The Morgan fingerprint density at radius 1 is 1.30 bits per heavy atom. The van der Waals surface area contributed by atoms with E-state index in [0.29, 0.717) is 24.6 Å². The van der Waals surface area contributed by atoms with E-state index in [1.807, 2.05) is 7.05 Å². The molecule has 1 saturated heterocycles. The molecule has 1 fully saturated rings. The lowest BCUT2D eigenvalue weighted by atomic mass is 9.96. The minimum atomic E-state index is -0.782. The Labute approximate surface area is 118 Å². The Morgan fingerprint density at radius 3 is 2.55 bits per heavy atom. The second-order valence-corrected chi connectivity index (χ2v) is 5.37. The van der Waals surface area contributed by atoms with Crippen molar-refractivity contribution in [3.05, 3.63) is 34.9 Å². The summed E-state index contributed by atoms with van der Waals surface area (Å²) in [7, 11) is 1.91. The van der Waals surface area contributed by atoms with Crippen LogP contribution in [0.1, 0.15) is 28.8 Å². The minimum absolute atomic E-state index is 0.0315. The van der Waals surface area contributed by atoms with Crippen molar-refractivity contribution < 1.29 is 13.6 Å². The fourth-order valence-corrected chi connectivity index (χ4v) is 2.62. The van der Waals surface area contributed by atoms with Gasteiger partial charge in [0.05, 0.1) is 5.56 Å². The lowest BCUT2D eigenvalue weighted by Crippen LogP contribution is -2.40. The molecule has 0 saturated carbocycles. The van der Waals surface area contributed by atoms with Crippen molar-refractivity contribution in [3.8, 4) is 0 Å². The van der Waals surface area contributed by atoms with E-state index in [1.165, 1.54) is 13.0 Å². The van der Waals surface area contributed by atoms with Gasteiger partial charge in [0.25, 0.3) is 5.91 Å². The van der Waals surface area contributed by atoms with Gasteiger partial charge < -0.3 is 10.2 Å². The molecule has 0 bridgehead atoms. The number of nitrogens with zero attached hydrogens (tertiary/aromatic N) is 1. The van der Waals surface area contributed by atoms with Crippen LogP contribution in [0.5, 0.6) is 0 Å². The molecule has 3 nitrogen and oxygen atoms in total. The van der Waals surface area contributed by atoms with Crippen molar-refractivity contribution in [1.82, 2.24) is 10.2 Å². The molecule has 0 unspecified atom stereocenters. The Kier molecular flexibility index (Phi) is 4.70. The second-order valence-electron chi connectivity index (χ2n) is 5.37. The van der Waals surface area contributed by atoms with Gasteiger partial charge in [0, 0.05) is 19.2 Å². The molecule has 1 N–H and O–H groups in total. The maximum Gasteiger partial charge on any atom is 0.256 e. The quantitative estimate of drug-likeness (QED) is 0.923. The third-order valence-corrected chi connectivity index (χ3v) is 3.87. The molecule has 0 aromatic heterocycles. The lowest BCUT2D eigenvalue weighted by Gasteiger charge is -2.32. The first-order valence-corrected chi connectivity index (χ1v) is 6.92. The minimum Gasteiger partial charge on any atom is -0.339 e. The summed E-state index contributed by atoms with van der Waals surface area (Å²) >= 11 is 0. The molecule has 0 atom stereocenters. The van der Waals surface area contributed by atoms with Crippen molar-refractivity contribution in [2.45, 2.75) is 19.8 Å². The normalized spacial score (nSPS) is 16.5. The third kappa shape index (κ3) is 3.15. The van der Waals surface area contributed by atoms with Crippen LogP contribution in [0.25, 0.3) is 0 Å². The molecule has 1 aliphatic rings. The van der Waals surface area contributed by atoms with E-state index in [9.17, 15) is 13.6 Å². The number of amides is 1. The molecule has 20 heavy (non-hydrogen) atoms. The van der Waals surface area contributed by atoms with Gasteiger partial charge >= 0.3 is 0 Å². The van der Waals surface area contributed by atoms with Crippen LogP contribution < -0.4 is 5.32 Å². The molecule has 0 aliphatic carbocycles. The molecule has 2 rings (SSSR count). The maximum absolute atomic E-state index is 13.7.